The molecular weight excluding hydrogens is 336 g/mol. The van der Waals surface area contributed by atoms with E-state index in [4.69, 9.17) is 4.74 Å². The standard InChI is InChI=1S/C13H21O2S.C5H5.Fe/c1-13(2,3)16-12(15-10-6-9-14)11-7-4-5-8-11;1-2-4-5-3-1;/h4-5,7-8,12,14H,6,9-10H2,1-3H3;1-5H;. The Morgan fingerprint density at radius 2 is 1.59 bits per heavy atom. The fourth-order valence-corrected chi connectivity index (χ4v) is 95.6. The van der Waals surface area contributed by atoms with Gasteiger partial charge in [-0.1, -0.05) is 0 Å². The van der Waals surface area contributed by atoms with Crippen molar-refractivity contribution in [2.45, 2.75) is 85.0 Å². The molecule has 0 aromatic carbocycles. The van der Waals surface area contributed by atoms with E-state index in [1.165, 1.54) is 43.3 Å². The second kappa shape index (κ2) is 1.09. The summed E-state index contributed by atoms with van der Waals surface area (Å²) >= 11 is 2.18. The van der Waals surface area contributed by atoms with E-state index in [0.29, 0.717) is 10.2 Å². The van der Waals surface area contributed by atoms with Gasteiger partial charge in [0.1, 0.15) is 0 Å². The number of aliphatic hydroxyl groups excluding tert-OH is 1. The number of ether oxygens (including phenoxy) is 1. The van der Waals surface area contributed by atoms with Crippen molar-refractivity contribution in [3.63, 3.8) is 0 Å². The number of rotatable bonds is 6. The summed E-state index contributed by atoms with van der Waals surface area (Å²) in [5, 5.41) is 9.18. The summed E-state index contributed by atoms with van der Waals surface area (Å²) in [6, 6.07) is 0. The first-order valence-electron chi connectivity index (χ1n) is 9.33. The molecule has 10 aliphatic rings. The summed E-state index contributed by atoms with van der Waals surface area (Å²) < 4.78 is 7.76. The molecular formula is C18H26FeO2S. The molecule has 0 aromatic heterocycles. The maximum atomic E-state index is 9.18. The predicted octanol–water partition coefficient (Wildman–Crippen LogP) is 5.00. The van der Waals surface area contributed by atoms with E-state index < -0.39 is 6.51 Å². The first-order valence-corrected chi connectivity index (χ1v) is 16.5. The third-order valence-electron chi connectivity index (χ3n) is 16.2. The third kappa shape index (κ3) is 0.154. The van der Waals surface area contributed by atoms with Crippen LogP contribution in [-0.2, 0) is 11.2 Å². The topological polar surface area (TPSA) is 29.5 Å². The molecule has 10 heterocycles. The molecule has 0 saturated carbocycles. The van der Waals surface area contributed by atoms with Crippen LogP contribution < -0.4 is 0 Å². The first kappa shape index (κ1) is 10.7. The zero-order chi connectivity index (χ0) is 14.6. The van der Waals surface area contributed by atoms with Crippen LogP contribution in [0.5, 0.6) is 0 Å². The minimum absolute atomic E-state index is 0.286. The zero-order valence-corrected chi connectivity index (χ0v) is 15.4. The van der Waals surface area contributed by atoms with Crippen LogP contribution in [0.2, 0.25) is 47.7 Å². The average molecular weight is 362 g/mol. The molecule has 10 aliphatic heterocycles. The molecule has 1 N–H and O–H groups in total. The van der Waals surface area contributed by atoms with Crippen LogP contribution in [0.15, 0.2) is 0 Å². The SMILES string of the molecule is CC(C)(C)SC(OCCCO)[C]12[CH]3[CH]4[CH]5[CH]1[Fe]45321678[CH]2[CH]1[CH]6[CH]7[CH]28. The zero-order valence-electron chi connectivity index (χ0n) is 13.5. The number of aliphatic hydroxyl groups is 1. The van der Waals surface area contributed by atoms with E-state index in [2.05, 4.69) is 32.5 Å². The van der Waals surface area contributed by atoms with Crippen LogP contribution in [0, 0.1) is 0 Å². The van der Waals surface area contributed by atoms with E-state index in [-0.39, 0.29) is 6.61 Å². The van der Waals surface area contributed by atoms with Crippen molar-refractivity contribution >= 4 is 11.8 Å². The molecule has 0 amide bonds. The number of hydrogen-bond acceptors (Lipinski definition) is 3. The van der Waals surface area contributed by atoms with Gasteiger partial charge in [0.05, 0.1) is 0 Å². The summed E-state index contributed by atoms with van der Waals surface area (Å²) in [5.74, 6) is 0. The molecule has 2 nitrogen and oxygen atoms in total. The molecule has 4 heteroatoms. The molecule has 5 unspecified atom stereocenters. The van der Waals surface area contributed by atoms with Crippen molar-refractivity contribution in [3.8, 4) is 0 Å². The second-order valence-electron chi connectivity index (χ2n) is 13.2. The Hall–Kier alpha value is 0.789. The van der Waals surface area contributed by atoms with Gasteiger partial charge in [0.15, 0.2) is 0 Å². The van der Waals surface area contributed by atoms with Gasteiger partial charge in [-0.25, -0.2) is 0 Å². The summed E-state index contributed by atoms with van der Waals surface area (Å²) in [5.41, 5.74) is 0.521. The Balaban J connectivity index is 1.22. The van der Waals surface area contributed by atoms with E-state index in [1.807, 2.05) is 0 Å². The number of hydrogen-bond donors (Lipinski definition) is 1. The molecule has 10 saturated heterocycles. The van der Waals surface area contributed by atoms with Crippen LogP contribution in [0.3, 0.4) is 0 Å². The second-order valence-corrected chi connectivity index (χ2v) is 38.7. The molecule has 0 aliphatic carbocycles. The van der Waals surface area contributed by atoms with E-state index in [1.54, 1.807) is 0 Å². The van der Waals surface area contributed by atoms with Crippen LogP contribution in [0.25, 0.3) is 0 Å². The average Bonchev–Trinajstić information content (AvgIpc) is 3.37. The molecule has 22 heavy (non-hydrogen) atoms. The van der Waals surface area contributed by atoms with E-state index in [9.17, 15) is 5.11 Å². The Morgan fingerprint density at radius 1 is 1.05 bits per heavy atom. The van der Waals surface area contributed by atoms with Crippen molar-refractivity contribution in [1.82, 2.24) is 0 Å². The van der Waals surface area contributed by atoms with Gasteiger partial charge in [-0.05, 0) is 0 Å². The van der Waals surface area contributed by atoms with Crippen LogP contribution in [0.1, 0.15) is 27.2 Å². The molecule has 5 atom stereocenters. The third-order valence-corrected chi connectivity index (χ3v) is 60.4. The van der Waals surface area contributed by atoms with Gasteiger partial charge in [0.2, 0.25) is 0 Å². The predicted molar refractivity (Wildman–Crippen MR) is 85.2 cm³/mol. The Labute approximate surface area is 126 Å². The van der Waals surface area contributed by atoms with Gasteiger partial charge in [0, 0.05) is 0 Å². The van der Waals surface area contributed by atoms with Crippen LogP contribution in [-0.4, -0.2) is 28.5 Å². The minimum atomic E-state index is -3.05. The van der Waals surface area contributed by atoms with Crippen LogP contribution >= 0.6 is 11.8 Å². The fourth-order valence-electron chi connectivity index (χ4n) is 17.8. The first-order chi connectivity index (χ1) is 10.2. The summed E-state index contributed by atoms with van der Waals surface area (Å²) in [6.45, 7) is 5.17. The molecule has 0 bridgehead atoms. The maximum absolute atomic E-state index is 9.18. The Kier molecular flexibility index (Phi) is 0.532. The molecule has 10 fully saturated rings. The summed E-state index contributed by atoms with van der Waals surface area (Å²) in [4.78, 5) is 12.3. The molecule has 0 aromatic rings. The van der Waals surface area contributed by atoms with Gasteiger partial charge >= 0.3 is 126 Å². The summed E-state index contributed by atoms with van der Waals surface area (Å²) in [6.07, 6.45) is 0.828. The summed E-state index contributed by atoms with van der Waals surface area (Å²) in [7, 11) is 0. The van der Waals surface area contributed by atoms with Gasteiger partial charge in [-0.3, -0.25) is 0 Å². The quantitative estimate of drug-likeness (QED) is 0.410. The molecule has 10 rings (SSSR count). The molecule has 0 radical (unpaired) electrons. The number of fused-ring (bicyclic) bond motifs is 10. The van der Waals surface area contributed by atoms with Crippen LogP contribution in [0.4, 0.5) is 0 Å². The monoisotopic (exact) mass is 362 g/mol. The normalized spacial score (nSPS) is 97.2. The number of thioether (sulfide) groups is 1. The van der Waals surface area contributed by atoms with E-state index in [0.717, 1.165) is 17.3 Å². The van der Waals surface area contributed by atoms with Crippen molar-refractivity contribution in [1.29, 1.82) is 0 Å². The van der Waals surface area contributed by atoms with Crippen molar-refractivity contribution < 1.29 is 16.4 Å². The van der Waals surface area contributed by atoms with Gasteiger partial charge in [-0.2, -0.15) is 0 Å². The van der Waals surface area contributed by atoms with Crippen molar-refractivity contribution in [2.75, 3.05) is 13.2 Å². The van der Waals surface area contributed by atoms with Gasteiger partial charge in [-0.15, -0.1) is 0 Å². The molecule has 124 valence electrons. The molecule has 1 spiro atoms. The Morgan fingerprint density at radius 3 is 1.91 bits per heavy atom. The van der Waals surface area contributed by atoms with Crippen molar-refractivity contribution in [2.24, 2.45) is 0 Å². The van der Waals surface area contributed by atoms with Gasteiger partial charge in [0.25, 0.3) is 0 Å². The fraction of sp³-hybridized carbons (Fsp3) is 1.00. The van der Waals surface area contributed by atoms with Crippen molar-refractivity contribution in [3.05, 3.63) is 0 Å². The van der Waals surface area contributed by atoms with E-state index >= 15 is 0 Å². The van der Waals surface area contributed by atoms with Gasteiger partial charge < -0.3 is 0 Å². The Bertz CT molecular complexity index is 976.